The molecule has 2 heterocycles. The molecule has 1 aromatic carbocycles. The largest absolute Gasteiger partial charge is 0.320 e. The Morgan fingerprint density at radius 1 is 1.33 bits per heavy atom. The summed E-state index contributed by atoms with van der Waals surface area (Å²) in [4.78, 5) is 15.4. The molecule has 1 aromatic heterocycles. The van der Waals surface area contributed by atoms with Gasteiger partial charge in [0, 0.05) is 17.8 Å². The number of thiophene rings is 1. The van der Waals surface area contributed by atoms with Crippen molar-refractivity contribution in [1.82, 2.24) is 0 Å². The fourth-order valence-corrected chi connectivity index (χ4v) is 3.38. The zero-order valence-corrected chi connectivity index (χ0v) is 12.5. The molecule has 0 saturated heterocycles. The van der Waals surface area contributed by atoms with Crippen molar-refractivity contribution in [1.29, 1.82) is 0 Å². The van der Waals surface area contributed by atoms with Crippen LogP contribution in [0.1, 0.15) is 27.2 Å². The van der Waals surface area contributed by atoms with Gasteiger partial charge in [-0.25, -0.2) is 0 Å². The second kappa shape index (κ2) is 6.13. The fraction of sp³-hybridized carbons (Fsp3) is 0.235. The van der Waals surface area contributed by atoms with Gasteiger partial charge in [-0.1, -0.05) is 30.0 Å². The summed E-state index contributed by atoms with van der Waals surface area (Å²) in [6.45, 7) is 1.06. The summed E-state index contributed by atoms with van der Waals surface area (Å²) in [5, 5.41) is 1.91. The first-order valence-corrected chi connectivity index (χ1v) is 7.85. The zero-order valence-electron chi connectivity index (χ0n) is 11.6. The third-order valence-corrected chi connectivity index (χ3v) is 4.44. The van der Waals surface area contributed by atoms with E-state index in [1.807, 2.05) is 34.5 Å². The molecule has 2 aromatic rings. The van der Waals surface area contributed by atoms with Crippen molar-refractivity contribution >= 4 is 22.9 Å². The quantitative estimate of drug-likeness (QED) is 0.822. The van der Waals surface area contributed by atoms with Gasteiger partial charge >= 0.3 is 0 Å². The normalized spacial score (nSPS) is 13.3. The van der Waals surface area contributed by atoms with Crippen LogP contribution in [0.5, 0.6) is 0 Å². The van der Waals surface area contributed by atoms with Crippen molar-refractivity contribution in [2.24, 2.45) is 5.73 Å². The summed E-state index contributed by atoms with van der Waals surface area (Å²) in [6.07, 6.45) is 2.03. The van der Waals surface area contributed by atoms with Crippen molar-refractivity contribution in [3.63, 3.8) is 0 Å². The number of rotatable bonds is 1. The number of nitrogens with two attached hydrogens (primary N) is 1. The Balaban J connectivity index is 1.95. The third kappa shape index (κ3) is 2.71. The SMILES string of the molecule is NCC#Cc1ccsc1C(=O)N1CCCc2ccccc21. The van der Waals surface area contributed by atoms with Gasteiger partial charge in [0.15, 0.2) is 0 Å². The summed E-state index contributed by atoms with van der Waals surface area (Å²) in [5.41, 5.74) is 8.45. The van der Waals surface area contributed by atoms with E-state index in [1.165, 1.54) is 16.9 Å². The number of anilines is 1. The number of hydrogen-bond acceptors (Lipinski definition) is 3. The van der Waals surface area contributed by atoms with E-state index in [2.05, 4.69) is 17.9 Å². The van der Waals surface area contributed by atoms with Crippen LogP contribution in [-0.2, 0) is 6.42 Å². The van der Waals surface area contributed by atoms with E-state index >= 15 is 0 Å². The fourth-order valence-electron chi connectivity index (χ4n) is 2.59. The highest BCUT2D eigenvalue weighted by atomic mass is 32.1. The molecule has 106 valence electrons. The molecule has 1 aliphatic rings. The summed E-state index contributed by atoms with van der Waals surface area (Å²) in [5.74, 6) is 5.85. The van der Waals surface area contributed by atoms with Crippen molar-refractivity contribution in [3.8, 4) is 11.8 Å². The highest BCUT2D eigenvalue weighted by Crippen LogP contribution is 2.29. The van der Waals surface area contributed by atoms with Gasteiger partial charge in [0.2, 0.25) is 0 Å². The van der Waals surface area contributed by atoms with Crippen molar-refractivity contribution < 1.29 is 4.79 Å². The second-order valence-electron chi connectivity index (χ2n) is 4.86. The molecule has 1 amide bonds. The van der Waals surface area contributed by atoms with Crippen LogP contribution >= 0.6 is 11.3 Å². The first kappa shape index (κ1) is 13.9. The molecule has 0 atom stereocenters. The smallest absolute Gasteiger partial charge is 0.269 e. The monoisotopic (exact) mass is 296 g/mol. The van der Waals surface area contributed by atoms with Gasteiger partial charge in [0.05, 0.1) is 6.54 Å². The average Bonchev–Trinajstić information content (AvgIpc) is 3.00. The summed E-state index contributed by atoms with van der Waals surface area (Å²) in [6, 6.07) is 10.0. The first-order chi connectivity index (χ1) is 10.3. The van der Waals surface area contributed by atoms with E-state index in [0.29, 0.717) is 11.4 Å². The Kier molecular flexibility index (Phi) is 4.05. The lowest BCUT2D eigenvalue weighted by atomic mass is 10.0. The van der Waals surface area contributed by atoms with Gasteiger partial charge in [-0.05, 0) is 35.9 Å². The Morgan fingerprint density at radius 2 is 2.19 bits per heavy atom. The van der Waals surface area contributed by atoms with E-state index in [0.717, 1.165) is 30.6 Å². The lowest BCUT2D eigenvalue weighted by Crippen LogP contribution is -2.35. The van der Waals surface area contributed by atoms with Crippen LogP contribution in [0.3, 0.4) is 0 Å². The van der Waals surface area contributed by atoms with E-state index < -0.39 is 0 Å². The number of fused-ring (bicyclic) bond motifs is 1. The van der Waals surface area contributed by atoms with Gasteiger partial charge in [-0.2, -0.15) is 0 Å². The summed E-state index contributed by atoms with van der Waals surface area (Å²) < 4.78 is 0. The van der Waals surface area contributed by atoms with Crippen LogP contribution in [0.25, 0.3) is 0 Å². The van der Waals surface area contributed by atoms with Gasteiger partial charge in [0.1, 0.15) is 4.88 Å². The maximum absolute atomic E-state index is 12.8. The Bertz CT molecular complexity index is 724. The predicted octanol–water partition coefficient (Wildman–Crippen LogP) is 2.65. The Hall–Kier alpha value is -2.09. The van der Waals surface area contributed by atoms with Crippen LogP contribution in [0.15, 0.2) is 35.7 Å². The molecule has 21 heavy (non-hydrogen) atoms. The maximum atomic E-state index is 12.8. The summed E-state index contributed by atoms with van der Waals surface area (Å²) >= 11 is 1.44. The minimum absolute atomic E-state index is 0.0403. The number of aryl methyl sites for hydroxylation is 1. The number of benzene rings is 1. The van der Waals surface area contributed by atoms with Crippen LogP contribution in [-0.4, -0.2) is 19.0 Å². The molecule has 0 unspecified atom stereocenters. The predicted molar refractivity (Wildman–Crippen MR) is 86.7 cm³/mol. The molecule has 2 N–H and O–H groups in total. The molecular weight excluding hydrogens is 280 g/mol. The lowest BCUT2D eigenvalue weighted by Gasteiger charge is -2.29. The molecule has 3 rings (SSSR count). The van der Waals surface area contributed by atoms with E-state index in [9.17, 15) is 4.79 Å². The number of amides is 1. The van der Waals surface area contributed by atoms with Crippen LogP contribution in [0.2, 0.25) is 0 Å². The molecule has 0 fully saturated rings. The number of carbonyl (C=O) groups is 1. The third-order valence-electron chi connectivity index (χ3n) is 3.54. The maximum Gasteiger partial charge on any atom is 0.269 e. The van der Waals surface area contributed by atoms with Crippen molar-refractivity contribution in [3.05, 3.63) is 51.7 Å². The minimum atomic E-state index is 0.0403. The van der Waals surface area contributed by atoms with Crippen molar-refractivity contribution in [2.75, 3.05) is 18.0 Å². The van der Waals surface area contributed by atoms with Crippen LogP contribution < -0.4 is 10.6 Å². The standard InChI is InChI=1S/C17H16N2OS/c18-10-3-6-14-9-12-21-16(14)17(20)19-11-4-7-13-5-1-2-8-15(13)19/h1-2,5,8-9,12H,4,7,10-11,18H2. The van der Waals surface area contributed by atoms with E-state index in [1.54, 1.807) is 0 Å². The highest BCUT2D eigenvalue weighted by molar-refractivity contribution is 7.12. The molecule has 0 radical (unpaired) electrons. The first-order valence-electron chi connectivity index (χ1n) is 6.97. The summed E-state index contributed by atoms with van der Waals surface area (Å²) in [7, 11) is 0. The van der Waals surface area contributed by atoms with E-state index in [4.69, 9.17) is 5.73 Å². The average molecular weight is 296 g/mol. The molecule has 0 bridgehead atoms. The highest BCUT2D eigenvalue weighted by Gasteiger charge is 2.25. The number of carbonyl (C=O) groups excluding carboxylic acids is 1. The molecule has 1 aliphatic heterocycles. The zero-order chi connectivity index (χ0) is 14.7. The van der Waals surface area contributed by atoms with Crippen LogP contribution in [0.4, 0.5) is 5.69 Å². The molecule has 0 spiro atoms. The minimum Gasteiger partial charge on any atom is -0.320 e. The van der Waals surface area contributed by atoms with Crippen LogP contribution in [0, 0.1) is 11.8 Å². The van der Waals surface area contributed by atoms with E-state index in [-0.39, 0.29) is 5.91 Å². The van der Waals surface area contributed by atoms with Crippen molar-refractivity contribution in [2.45, 2.75) is 12.8 Å². The Morgan fingerprint density at radius 3 is 3.05 bits per heavy atom. The number of para-hydroxylation sites is 1. The second-order valence-corrected chi connectivity index (χ2v) is 5.77. The number of nitrogens with zero attached hydrogens (tertiary/aromatic N) is 1. The molecule has 0 aliphatic carbocycles. The molecule has 0 saturated carbocycles. The molecule has 4 heteroatoms. The van der Waals surface area contributed by atoms with Gasteiger partial charge in [0.25, 0.3) is 5.91 Å². The Labute approximate surface area is 128 Å². The van der Waals surface area contributed by atoms with Gasteiger partial charge in [-0.3, -0.25) is 4.79 Å². The topological polar surface area (TPSA) is 46.3 Å². The lowest BCUT2D eigenvalue weighted by molar-refractivity contribution is 0.0989. The van der Waals surface area contributed by atoms with Gasteiger partial charge in [-0.15, -0.1) is 11.3 Å². The number of hydrogen-bond donors (Lipinski definition) is 1. The molecular formula is C17H16N2OS. The molecule has 3 nitrogen and oxygen atoms in total. The van der Waals surface area contributed by atoms with Gasteiger partial charge < -0.3 is 10.6 Å².